The Kier molecular flexibility index (Phi) is 15.1. The van der Waals surface area contributed by atoms with Crippen molar-refractivity contribution in [3.05, 3.63) is 30.1 Å². The average Bonchev–Trinajstić information content (AvgIpc) is 3.42. The molecule has 46 heavy (non-hydrogen) atoms. The van der Waals surface area contributed by atoms with Gasteiger partial charge in [-0.15, -0.1) is 0 Å². The Morgan fingerprint density at radius 2 is 1.70 bits per heavy atom. The molecule has 254 valence electrons. The van der Waals surface area contributed by atoms with E-state index in [9.17, 15) is 14.4 Å². The van der Waals surface area contributed by atoms with Gasteiger partial charge in [0.05, 0.1) is 23.6 Å². The smallest absolute Gasteiger partial charge is 0.223 e. The number of nitrogen functional groups attached to an aromatic ring is 1. The van der Waals surface area contributed by atoms with E-state index in [0.717, 1.165) is 118 Å². The van der Waals surface area contributed by atoms with Crippen LogP contribution in [0.5, 0.6) is 0 Å². The molecule has 4 rings (SSSR count). The molecule has 1 amide bonds. The minimum atomic E-state index is -0.0787. The topological polar surface area (TPSA) is 144 Å². The molecule has 1 atom stereocenters. The number of nitrogens with two attached hydrogens (primary N) is 1. The third kappa shape index (κ3) is 9.82. The number of Topliss-reactive ketones (excluding diaryl/α,β-unsaturated/α-hetero) is 2. The van der Waals surface area contributed by atoms with Crippen molar-refractivity contribution >= 4 is 45.2 Å². The molecular formula is C36H57N7O3. The summed E-state index contributed by atoms with van der Waals surface area (Å²) in [7, 11) is 1.81. The van der Waals surface area contributed by atoms with Crippen LogP contribution in [0, 0.1) is 11.8 Å². The SMILES string of the molecule is C.CCCCc1nc2c(N)nc3ccccc3c2n1CCCCNC(=O)C1CCC(C(=O)CNCCCCC(NC)C(C)=O)CC1. The molecule has 2 aromatic heterocycles. The number of aromatic nitrogens is 3. The first-order chi connectivity index (χ1) is 21.8. The largest absolute Gasteiger partial charge is 0.382 e. The van der Waals surface area contributed by atoms with Gasteiger partial charge in [-0.25, -0.2) is 9.97 Å². The normalized spacial score (nSPS) is 17.1. The van der Waals surface area contributed by atoms with Gasteiger partial charge in [-0.2, -0.15) is 0 Å². The first kappa shape index (κ1) is 37.1. The molecule has 0 spiro atoms. The van der Waals surface area contributed by atoms with E-state index in [1.807, 2.05) is 25.2 Å². The van der Waals surface area contributed by atoms with Gasteiger partial charge in [-0.3, -0.25) is 14.4 Å². The van der Waals surface area contributed by atoms with Crippen LogP contribution >= 0.6 is 0 Å². The molecule has 10 heteroatoms. The number of carbonyl (C=O) groups excluding carboxylic acids is 3. The molecule has 1 aromatic carbocycles. The van der Waals surface area contributed by atoms with Gasteiger partial charge < -0.3 is 26.3 Å². The lowest BCUT2D eigenvalue weighted by Gasteiger charge is -2.27. The van der Waals surface area contributed by atoms with Crippen LogP contribution in [0.1, 0.15) is 97.7 Å². The highest BCUT2D eigenvalue weighted by Crippen LogP contribution is 2.31. The highest BCUT2D eigenvalue weighted by Gasteiger charge is 2.29. The van der Waals surface area contributed by atoms with Crippen molar-refractivity contribution in [2.75, 3.05) is 32.4 Å². The van der Waals surface area contributed by atoms with E-state index in [2.05, 4.69) is 38.5 Å². The van der Waals surface area contributed by atoms with Gasteiger partial charge in [-0.05, 0) is 84.4 Å². The highest BCUT2D eigenvalue weighted by atomic mass is 16.2. The lowest BCUT2D eigenvalue weighted by Crippen LogP contribution is -2.36. The first-order valence-corrected chi connectivity index (χ1v) is 17.1. The van der Waals surface area contributed by atoms with Crippen LogP contribution in [0.15, 0.2) is 24.3 Å². The van der Waals surface area contributed by atoms with Gasteiger partial charge in [0.1, 0.15) is 22.9 Å². The summed E-state index contributed by atoms with van der Waals surface area (Å²) in [5.41, 5.74) is 9.05. The molecule has 0 saturated heterocycles. The Labute approximate surface area is 275 Å². The van der Waals surface area contributed by atoms with Crippen molar-refractivity contribution in [2.24, 2.45) is 11.8 Å². The van der Waals surface area contributed by atoms with Crippen LogP contribution in [-0.4, -0.2) is 64.7 Å². The number of rotatable bonds is 19. The molecule has 1 aliphatic carbocycles. The van der Waals surface area contributed by atoms with E-state index >= 15 is 0 Å². The number of likely N-dealkylation sites (N-methyl/N-ethyl adjacent to an activating group) is 1. The fourth-order valence-corrected chi connectivity index (χ4v) is 6.61. The number of hydrogen-bond donors (Lipinski definition) is 4. The van der Waals surface area contributed by atoms with E-state index in [1.165, 1.54) is 0 Å². The molecule has 0 bridgehead atoms. The lowest BCUT2D eigenvalue weighted by atomic mass is 9.79. The number of amides is 1. The summed E-state index contributed by atoms with van der Waals surface area (Å²) in [6, 6.07) is 8.01. The Morgan fingerprint density at radius 1 is 0.978 bits per heavy atom. The molecule has 5 N–H and O–H groups in total. The van der Waals surface area contributed by atoms with Crippen molar-refractivity contribution < 1.29 is 14.4 Å². The van der Waals surface area contributed by atoms with Crippen molar-refractivity contribution in [3.8, 4) is 0 Å². The van der Waals surface area contributed by atoms with Gasteiger partial charge in [0.2, 0.25) is 5.91 Å². The third-order valence-electron chi connectivity index (χ3n) is 9.34. The number of carbonyl (C=O) groups is 3. The van der Waals surface area contributed by atoms with Crippen LogP contribution < -0.4 is 21.7 Å². The zero-order valence-electron chi connectivity index (χ0n) is 27.5. The molecule has 0 radical (unpaired) electrons. The van der Waals surface area contributed by atoms with Gasteiger partial charge in [0.25, 0.3) is 0 Å². The molecule has 10 nitrogen and oxygen atoms in total. The number of unbranched alkanes of at least 4 members (excludes halogenated alkanes) is 3. The van der Waals surface area contributed by atoms with Crippen LogP contribution in [-0.2, 0) is 27.3 Å². The van der Waals surface area contributed by atoms with Gasteiger partial charge in [0.15, 0.2) is 5.82 Å². The zero-order valence-corrected chi connectivity index (χ0v) is 27.5. The van der Waals surface area contributed by atoms with E-state index in [1.54, 1.807) is 6.92 Å². The van der Waals surface area contributed by atoms with E-state index in [-0.39, 0.29) is 42.8 Å². The maximum atomic E-state index is 12.9. The van der Waals surface area contributed by atoms with Crippen LogP contribution in [0.2, 0.25) is 0 Å². The fourth-order valence-electron chi connectivity index (χ4n) is 6.61. The summed E-state index contributed by atoms with van der Waals surface area (Å²) in [6.45, 7) is 6.42. The molecule has 1 unspecified atom stereocenters. The molecule has 1 saturated carbocycles. The third-order valence-corrected chi connectivity index (χ3v) is 9.34. The Hall–Kier alpha value is -3.37. The first-order valence-electron chi connectivity index (χ1n) is 17.1. The maximum absolute atomic E-state index is 12.9. The van der Waals surface area contributed by atoms with Crippen molar-refractivity contribution in [1.82, 2.24) is 30.5 Å². The van der Waals surface area contributed by atoms with Gasteiger partial charge in [-0.1, -0.05) is 45.4 Å². The van der Waals surface area contributed by atoms with Crippen LogP contribution in [0.3, 0.4) is 0 Å². The average molecular weight is 636 g/mol. The summed E-state index contributed by atoms with van der Waals surface area (Å²) in [5, 5.41) is 10.5. The van der Waals surface area contributed by atoms with Crippen LogP contribution in [0.4, 0.5) is 5.82 Å². The standard InChI is InChI=1S/C35H53N7O3.CH4/c1-4-5-15-31-41-32-33(27-12-6-7-14-29(27)40-34(32)36)42(31)22-11-10-21-39-35(45)26-18-16-25(17-19-26)30(44)23-38-20-9-8-13-28(37-3)24(2)43;/h6-7,12,14,25-26,28,37-38H,4-5,8-11,13,15-23H2,1-3H3,(H2,36,40)(H,39,45);1H4. The Morgan fingerprint density at radius 3 is 2.41 bits per heavy atom. The summed E-state index contributed by atoms with van der Waals surface area (Å²) in [5.74, 6) is 2.09. The summed E-state index contributed by atoms with van der Waals surface area (Å²) in [6.07, 6.45) is 10.6. The number of anilines is 1. The zero-order chi connectivity index (χ0) is 32.2. The monoisotopic (exact) mass is 635 g/mol. The van der Waals surface area contributed by atoms with Gasteiger partial charge in [0, 0.05) is 36.7 Å². The minimum Gasteiger partial charge on any atom is -0.382 e. The number of nitrogens with one attached hydrogen (secondary N) is 3. The number of benzene rings is 1. The number of imidazole rings is 1. The molecule has 1 fully saturated rings. The Bertz CT molecular complexity index is 1430. The fraction of sp³-hybridized carbons (Fsp3) is 0.639. The molecule has 1 aliphatic rings. The molecule has 2 heterocycles. The number of ketones is 2. The second kappa shape index (κ2) is 18.7. The van der Waals surface area contributed by atoms with Crippen molar-refractivity contribution in [1.29, 1.82) is 0 Å². The quantitative estimate of drug-likeness (QED) is 0.129. The highest BCUT2D eigenvalue weighted by molar-refractivity contribution is 6.06. The van der Waals surface area contributed by atoms with E-state index in [0.29, 0.717) is 18.9 Å². The molecule has 3 aromatic rings. The second-order valence-electron chi connectivity index (χ2n) is 12.6. The lowest BCUT2D eigenvalue weighted by molar-refractivity contribution is -0.129. The number of fused-ring (bicyclic) bond motifs is 3. The van der Waals surface area contributed by atoms with E-state index in [4.69, 9.17) is 10.7 Å². The minimum absolute atomic E-state index is 0. The number of pyridine rings is 1. The predicted octanol–water partition coefficient (Wildman–Crippen LogP) is 5.35. The molecular weight excluding hydrogens is 578 g/mol. The number of para-hydroxylation sites is 1. The number of hydrogen-bond acceptors (Lipinski definition) is 8. The second-order valence-corrected chi connectivity index (χ2v) is 12.6. The summed E-state index contributed by atoms with van der Waals surface area (Å²) in [4.78, 5) is 46.6. The predicted molar refractivity (Wildman–Crippen MR) is 188 cm³/mol. The van der Waals surface area contributed by atoms with Crippen molar-refractivity contribution in [2.45, 2.75) is 111 Å². The number of nitrogens with zero attached hydrogens (tertiary/aromatic N) is 3. The Balaban J connectivity index is 0.00000576. The maximum Gasteiger partial charge on any atom is 0.223 e. The molecule has 0 aliphatic heterocycles. The number of aryl methyl sites for hydroxylation is 2. The van der Waals surface area contributed by atoms with E-state index < -0.39 is 0 Å². The van der Waals surface area contributed by atoms with Gasteiger partial charge >= 0.3 is 0 Å². The van der Waals surface area contributed by atoms with Crippen molar-refractivity contribution in [3.63, 3.8) is 0 Å². The van der Waals surface area contributed by atoms with Crippen LogP contribution in [0.25, 0.3) is 21.9 Å². The summed E-state index contributed by atoms with van der Waals surface area (Å²) >= 11 is 0. The summed E-state index contributed by atoms with van der Waals surface area (Å²) < 4.78 is 2.31.